The van der Waals surface area contributed by atoms with Crippen LogP contribution < -0.4 is 0 Å². The van der Waals surface area contributed by atoms with Gasteiger partial charge in [-0.2, -0.15) is 0 Å². The SMILES string of the molecule is C=CC(=O)OC1/C=C\CCCCO1. The summed E-state index contributed by atoms with van der Waals surface area (Å²) >= 11 is 0. The number of ether oxygens (including phenoxy) is 2. The first-order valence-corrected chi connectivity index (χ1v) is 4.44. The van der Waals surface area contributed by atoms with Crippen molar-refractivity contribution >= 4 is 5.97 Å². The van der Waals surface area contributed by atoms with Crippen LogP contribution in [0, 0.1) is 0 Å². The summed E-state index contributed by atoms with van der Waals surface area (Å²) in [5, 5.41) is 0. The van der Waals surface area contributed by atoms with Crippen LogP contribution in [0.25, 0.3) is 0 Å². The first-order chi connectivity index (χ1) is 6.33. The van der Waals surface area contributed by atoms with Gasteiger partial charge in [-0.1, -0.05) is 12.7 Å². The zero-order chi connectivity index (χ0) is 9.52. The molecule has 0 saturated heterocycles. The molecule has 1 aliphatic heterocycles. The fraction of sp³-hybridized carbons (Fsp3) is 0.500. The molecule has 1 heterocycles. The van der Waals surface area contributed by atoms with Crippen molar-refractivity contribution in [2.24, 2.45) is 0 Å². The first kappa shape index (κ1) is 9.99. The van der Waals surface area contributed by atoms with E-state index in [2.05, 4.69) is 6.58 Å². The predicted octanol–water partition coefficient (Wildman–Crippen LogP) is 1.80. The van der Waals surface area contributed by atoms with E-state index in [1.54, 1.807) is 6.08 Å². The second-order valence-corrected chi connectivity index (χ2v) is 2.80. The minimum absolute atomic E-state index is 0.449. The van der Waals surface area contributed by atoms with Crippen molar-refractivity contribution in [1.29, 1.82) is 0 Å². The Hall–Kier alpha value is -1.09. The molecule has 0 spiro atoms. The molecule has 72 valence electrons. The maximum Gasteiger partial charge on any atom is 0.332 e. The van der Waals surface area contributed by atoms with Gasteiger partial charge >= 0.3 is 5.97 Å². The molecule has 1 atom stereocenters. The number of allylic oxidation sites excluding steroid dienone is 1. The molecule has 0 amide bonds. The van der Waals surface area contributed by atoms with E-state index < -0.39 is 12.3 Å². The topological polar surface area (TPSA) is 35.5 Å². The smallest absolute Gasteiger partial charge is 0.332 e. The summed E-state index contributed by atoms with van der Waals surface area (Å²) in [5.41, 5.74) is 0. The van der Waals surface area contributed by atoms with Gasteiger partial charge in [0.15, 0.2) is 0 Å². The van der Waals surface area contributed by atoms with Gasteiger partial charge in [-0.25, -0.2) is 4.79 Å². The van der Waals surface area contributed by atoms with E-state index in [4.69, 9.17) is 9.47 Å². The predicted molar refractivity (Wildman–Crippen MR) is 49.0 cm³/mol. The fourth-order valence-electron chi connectivity index (χ4n) is 1.06. The molecule has 0 N–H and O–H groups in total. The number of rotatable bonds is 2. The standard InChI is InChI=1S/C10H14O3/c1-2-9(11)13-10-7-5-3-4-6-8-12-10/h2,5,7,10H,1,3-4,6,8H2/b7-5-. The molecular weight excluding hydrogens is 168 g/mol. The average molecular weight is 182 g/mol. The Balaban J connectivity index is 2.41. The molecule has 1 rings (SSSR count). The summed E-state index contributed by atoms with van der Waals surface area (Å²) < 4.78 is 10.2. The van der Waals surface area contributed by atoms with Gasteiger partial charge in [-0.3, -0.25) is 0 Å². The molecule has 0 aromatic heterocycles. The summed E-state index contributed by atoms with van der Waals surface area (Å²) in [6.45, 7) is 3.95. The van der Waals surface area contributed by atoms with Crippen LogP contribution >= 0.6 is 0 Å². The van der Waals surface area contributed by atoms with E-state index >= 15 is 0 Å². The van der Waals surface area contributed by atoms with Gasteiger partial charge in [0.25, 0.3) is 0 Å². The minimum atomic E-state index is -0.536. The van der Waals surface area contributed by atoms with Gasteiger partial charge in [0, 0.05) is 6.08 Å². The van der Waals surface area contributed by atoms with Gasteiger partial charge in [0.05, 0.1) is 6.61 Å². The molecule has 0 fully saturated rings. The highest BCUT2D eigenvalue weighted by molar-refractivity contribution is 5.81. The van der Waals surface area contributed by atoms with Crippen LogP contribution in [-0.2, 0) is 14.3 Å². The molecule has 0 bridgehead atoms. The lowest BCUT2D eigenvalue weighted by Gasteiger charge is -2.15. The molecule has 0 saturated carbocycles. The van der Waals surface area contributed by atoms with Crippen molar-refractivity contribution in [3.05, 3.63) is 24.8 Å². The number of hydrogen-bond donors (Lipinski definition) is 0. The lowest BCUT2D eigenvalue weighted by molar-refractivity contribution is -0.163. The molecular formula is C10H14O3. The van der Waals surface area contributed by atoms with Crippen LogP contribution in [0.15, 0.2) is 24.8 Å². The van der Waals surface area contributed by atoms with E-state index in [0.717, 1.165) is 25.3 Å². The first-order valence-electron chi connectivity index (χ1n) is 4.44. The zero-order valence-corrected chi connectivity index (χ0v) is 7.57. The lowest BCUT2D eigenvalue weighted by atomic mass is 10.2. The Bertz CT molecular complexity index is 208. The van der Waals surface area contributed by atoms with Crippen LogP contribution in [-0.4, -0.2) is 18.9 Å². The zero-order valence-electron chi connectivity index (χ0n) is 7.57. The van der Waals surface area contributed by atoms with Crippen LogP contribution in [0.4, 0.5) is 0 Å². The molecule has 3 heteroatoms. The van der Waals surface area contributed by atoms with Gasteiger partial charge in [-0.15, -0.1) is 0 Å². The Kier molecular flexibility index (Phi) is 4.26. The Morgan fingerprint density at radius 1 is 1.62 bits per heavy atom. The van der Waals surface area contributed by atoms with Gasteiger partial charge in [0.1, 0.15) is 0 Å². The van der Waals surface area contributed by atoms with Crippen molar-refractivity contribution in [3.63, 3.8) is 0 Å². The maximum atomic E-state index is 10.8. The highest BCUT2D eigenvalue weighted by Gasteiger charge is 2.09. The molecule has 0 aromatic rings. The largest absolute Gasteiger partial charge is 0.429 e. The Morgan fingerprint density at radius 2 is 2.46 bits per heavy atom. The van der Waals surface area contributed by atoms with E-state index in [-0.39, 0.29) is 0 Å². The molecule has 1 unspecified atom stereocenters. The second-order valence-electron chi connectivity index (χ2n) is 2.80. The molecule has 3 nitrogen and oxygen atoms in total. The number of carbonyl (C=O) groups excluding carboxylic acids is 1. The van der Waals surface area contributed by atoms with Crippen molar-refractivity contribution in [2.45, 2.75) is 25.6 Å². The number of hydrogen-bond acceptors (Lipinski definition) is 3. The summed E-state index contributed by atoms with van der Waals surface area (Å²) in [7, 11) is 0. The summed E-state index contributed by atoms with van der Waals surface area (Å²) in [6.07, 6.45) is 7.48. The summed E-state index contributed by atoms with van der Waals surface area (Å²) in [4.78, 5) is 10.8. The normalized spacial score (nSPS) is 25.4. The van der Waals surface area contributed by atoms with Crippen molar-refractivity contribution in [3.8, 4) is 0 Å². The van der Waals surface area contributed by atoms with Crippen LogP contribution in [0.2, 0.25) is 0 Å². The molecule has 0 aliphatic carbocycles. The molecule has 13 heavy (non-hydrogen) atoms. The third-order valence-electron chi connectivity index (χ3n) is 1.74. The molecule has 0 radical (unpaired) electrons. The van der Waals surface area contributed by atoms with Gasteiger partial charge in [0.2, 0.25) is 6.29 Å². The quantitative estimate of drug-likeness (QED) is 0.371. The Morgan fingerprint density at radius 3 is 3.23 bits per heavy atom. The third kappa shape index (κ3) is 3.90. The molecule has 0 aromatic carbocycles. The maximum absolute atomic E-state index is 10.8. The van der Waals surface area contributed by atoms with E-state index in [1.807, 2.05) is 6.08 Å². The van der Waals surface area contributed by atoms with Gasteiger partial charge in [-0.05, 0) is 25.3 Å². The van der Waals surface area contributed by atoms with Crippen LogP contribution in [0.1, 0.15) is 19.3 Å². The molecule has 1 aliphatic rings. The third-order valence-corrected chi connectivity index (χ3v) is 1.74. The van der Waals surface area contributed by atoms with E-state index in [0.29, 0.717) is 6.61 Å². The van der Waals surface area contributed by atoms with Crippen LogP contribution in [0.3, 0.4) is 0 Å². The number of esters is 1. The average Bonchev–Trinajstić information content (AvgIpc) is 2.09. The van der Waals surface area contributed by atoms with E-state index in [9.17, 15) is 4.79 Å². The summed E-state index contributed by atoms with van der Waals surface area (Å²) in [5.74, 6) is -0.449. The Labute approximate surface area is 78.0 Å². The highest BCUT2D eigenvalue weighted by atomic mass is 16.7. The van der Waals surface area contributed by atoms with Crippen molar-refractivity contribution in [1.82, 2.24) is 0 Å². The lowest BCUT2D eigenvalue weighted by Crippen LogP contribution is -2.19. The highest BCUT2D eigenvalue weighted by Crippen LogP contribution is 2.07. The van der Waals surface area contributed by atoms with Crippen molar-refractivity contribution in [2.75, 3.05) is 6.61 Å². The van der Waals surface area contributed by atoms with Crippen LogP contribution in [0.5, 0.6) is 0 Å². The van der Waals surface area contributed by atoms with Gasteiger partial charge < -0.3 is 9.47 Å². The number of carbonyl (C=O) groups is 1. The monoisotopic (exact) mass is 182 g/mol. The summed E-state index contributed by atoms with van der Waals surface area (Å²) in [6, 6.07) is 0. The van der Waals surface area contributed by atoms with E-state index in [1.165, 1.54) is 0 Å². The fourth-order valence-corrected chi connectivity index (χ4v) is 1.06. The minimum Gasteiger partial charge on any atom is -0.429 e. The second kappa shape index (κ2) is 5.54. The van der Waals surface area contributed by atoms with Crippen molar-refractivity contribution < 1.29 is 14.3 Å².